The molecule has 0 saturated carbocycles. The lowest BCUT2D eigenvalue weighted by Gasteiger charge is -1.89. The molecule has 0 spiro atoms. The van der Waals surface area contributed by atoms with E-state index in [0.717, 1.165) is 6.42 Å². The van der Waals surface area contributed by atoms with Gasteiger partial charge in [0.2, 0.25) is 5.89 Å². The predicted octanol–water partition coefficient (Wildman–Crippen LogP) is 2.23. The second-order valence-corrected chi connectivity index (χ2v) is 3.48. The summed E-state index contributed by atoms with van der Waals surface area (Å²) in [5.41, 5.74) is 0.548. The zero-order chi connectivity index (χ0) is 13.0. The maximum absolute atomic E-state index is 11.2. The first-order valence-electron chi connectivity index (χ1n) is 5.34. The summed E-state index contributed by atoms with van der Waals surface area (Å²) in [6, 6.07) is 0. The van der Waals surface area contributed by atoms with Gasteiger partial charge < -0.3 is 13.6 Å². The molecule has 0 amide bonds. The van der Waals surface area contributed by atoms with Gasteiger partial charge in [-0.25, -0.2) is 14.8 Å². The highest BCUT2D eigenvalue weighted by atomic mass is 16.5. The first kappa shape index (κ1) is 12.1. The Labute approximate surface area is 103 Å². The normalized spacial score (nSPS) is 10.3. The molecule has 0 aliphatic carbocycles. The highest BCUT2D eigenvalue weighted by Crippen LogP contribution is 2.18. The summed E-state index contributed by atoms with van der Waals surface area (Å²) in [5, 5.41) is 0. The standard InChI is InChI=1S/C12H12N2O4/c1-3-4-5-10-13-8(6-17-10)11-14-9(7-18-11)12(15)16-2/h3,6-7H,1,4-5H2,2H3. The van der Waals surface area contributed by atoms with Crippen molar-refractivity contribution in [2.24, 2.45) is 0 Å². The molecule has 94 valence electrons. The third-order valence-electron chi connectivity index (χ3n) is 2.23. The van der Waals surface area contributed by atoms with E-state index in [4.69, 9.17) is 8.83 Å². The van der Waals surface area contributed by atoms with E-state index in [1.807, 2.05) is 0 Å². The molecule has 0 aliphatic rings. The summed E-state index contributed by atoms with van der Waals surface area (Å²) < 4.78 is 14.9. The monoisotopic (exact) mass is 248 g/mol. The van der Waals surface area contributed by atoms with Crippen molar-refractivity contribution >= 4 is 5.97 Å². The number of ether oxygens (including phenoxy) is 1. The average Bonchev–Trinajstić information content (AvgIpc) is 3.03. The van der Waals surface area contributed by atoms with Crippen LogP contribution >= 0.6 is 0 Å². The lowest BCUT2D eigenvalue weighted by molar-refractivity contribution is 0.0594. The number of aromatic nitrogens is 2. The zero-order valence-electron chi connectivity index (χ0n) is 9.88. The maximum Gasteiger partial charge on any atom is 0.360 e. The van der Waals surface area contributed by atoms with E-state index in [-0.39, 0.29) is 11.6 Å². The lowest BCUT2D eigenvalue weighted by atomic mass is 10.3. The van der Waals surface area contributed by atoms with E-state index < -0.39 is 5.97 Å². The van der Waals surface area contributed by atoms with Crippen molar-refractivity contribution in [3.05, 3.63) is 36.8 Å². The fourth-order valence-electron chi connectivity index (χ4n) is 1.34. The molecule has 0 unspecified atom stereocenters. The van der Waals surface area contributed by atoms with Gasteiger partial charge in [0.1, 0.15) is 12.5 Å². The summed E-state index contributed by atoms with van der Waals surface area (Å²) in [6.07, 6.45) is 5.88. The van der Waals surface area contributed by atoms with E-state index in [1.165, 1.54) is 19.6 Å². The van der Waals surface area contributed by atoms with Crippen molar-refractivity contribution in [1.29, 1.82) is 0 Å². The van der Waals surface area contributed by atoms with Crippen LogP contribution in [0.4, 0.5) is 0 Å². The fourth-order valence-corrected chi connectivity index (χ4v) is 1.34. The number of methoxy groups -OCH3 is 1. The van der Waals surface area contributed by atoms with Crippen LogP contribution in [0, 0.1) is 0 Å². The van der Waals surface area contributed by atoms with Crippen molar-refractivity contribution in [1.82, 2.24) is 9.97 Å². The first-order valence-corrected chi connectivity index (χ1v) is 5.34. The van der Waals surface area contributed by atoms with E-state index >= 15 is 0 Å². The van der Waals surface area contributed by atoms with Gasteiger partial charge in [0.25, 0.3) is 0 Å². The van der Waals surface area contributed by atoms with E-state index in [1.54, 1.807) is 6.08 Å². The number of esters is 1. The van der Waals surface area contributed by atoms with Crippen molar-refractivity contribution in [3.63, 3.8) is 0 Å². The molecule has 0 atom stereocenters. The molecular formula is C12H12N2O4. The lowest BCUT2D eigenvalue weighted by Crippen LogP contribution is -2.00. The van der Waals surface area contributed by atoms with E-state index in [9.17, 15) is 4.79 Å². The molecule has 18 heavy (non-hydrogen) atoms. The van der Waals surface area contributed by atoms with E-state index in [0.29, 0.717) is 18.0 Å². The minimum Gasteiger partial charge on any atom is -0.464 e. The molecule has 0 aliphatic heterocycles. The van der Waals surface area contributed by atoms with Crippen LogP contribution in [0.2, 0.25) is 0 Å². The first-order chi connectivity index (χ1) is 8.74. The maximum atomic E-state index is 11.2. The van der Waals surface area contributed by atoms with Gasteiger partial charge >= 0.3 is 5.97 Å². The number of hydrogen-bond donors (Lipinski definition) is 0. The van der Waals surface area contributed by atoms with Crippen LogP contribution in [0.3, 0.4) is 0 Å². The van der Waals surface area contributed by atoms with Gasteiger partial charge in [-0.15, -0.1) is 6.58 Å². The van der Waals surface area contributed by atoms with Crippen LogP contribution in [0.1, 0.15) is 22.8 Å². The minimum absolute atomic E-state index is 0.100. The Morgan fingerprint density at radius 1 is 1.44 bits per heavy atom. The molecule has 0 N–H and O–H groups in total. The Kier molecular flexibility index (Phi) is 3.57. The van der Waals surface area contributed by atoms with Crippen LogP contribution < -0.4 is 0 Å². The molecule has 0 saturated heterocycles. The summed E-state index contributed by atoms with van der Waals surface area (Å²) in [7, 11) is 1.28. The highest BCUT2D eigenvalue weighted by Gasteiger charge is 2.16. The average molecular weight is 248 g/mol. The molecule has 2 aromatic heterocycles. The van der Waals surface area contributed by atoms with Crippen molar-refractivity contribution < 1.29 is 18.4 Å². The Bertz CT molecular complexity index is 556. The third kappa shape index (κ3) is 2.48. The van der Waals surface area contributed by atoms with Crippen LogP contribution in [0.15, 0.2) is 34.0 Å². The van der Waals surface area contributed by atoms with Gasteiger partial charge in [-0.3, -0.25) is 0 Å². The van der Waals surface area contributed by atoms with Gasteiger partial charge in [-0.1, -0.05) is 6.08 Å². The van der Waals surface area contributed by atoms with Gasteiger partial charge in [0, 0.05) is 6.42 Å². The summed E-state index contributed by atoms with van der Waals surface area (Å²) >= 11 is 0. The number of rotatable bonds is 5. The molecule has 0 bridgehead atoms. The van der Waals surface area contributed by atoms with Crippen LogP contribution in [-0.4, -0.2) is 23.0 Å². The van der Waals surface area contributed by atoms with Gasteiger partial charge in [0.15, 0.2) is 17.3 Å². The summed E-state index contributed by atoms with van der Waals surface area (Å²) in [6.45, 7) is 3.62. The van der Waals surface area contributed by atoms with Crippen molar-refractivity contribution in [2.45, 2.75) is 12.8 Å². The molecule has 6 nitrogen and oxygen atoms in total. The number of oxazole rings is 2. The predicted molar refractivity (Wildman–Crippen MR) is 61.9 cm³/mol. The molecule has 0 aromatic carbocycles. The Balaban J connectivity index is 2.15. The largest absolute Gasteiger partial charge is 0.464 e. The number of nitrogens with zero attached hydrogens (tertiary/aromatic N) is 2. The fraction of sp³-hybridized carbons (Fsp3) is 0.250. The Morgan fingerprint density at radius 2 is 2.28 bits per heavy atom. The number of aryl methyl sites for hydroxylation is 1. The van der Waals surface area contributed by atoms with Crippen molar-refractivity contribution in [3.8, 4) is 11.6 Å². The molecule has 0 radical (unpaired) electrons. The smallest absolute Gasteiger partial charge is 0.360 e. The second-order valence-electron chi connectivity index (χ2n) is 3.48. The topological polar surface area (TPSA) is 78.4 Å². The molecule has 2 rings (SSSR count). The van der Waals surface area contributed by atoms with Gasteiger partial charge in [0.05, 0.1) is 7.11 Å². The third-order valence-corrected chi connectivity index (χ3v) is 2.23. The summed E-state index contributed by atoms with van der Waals surface area (Å²) in [5.74, 6) is 0.243. The number of carbonyl (C=O) groups is 1. The minimum atomic E-state index is -0.555. The quantitative estimate of drug-likeness (QED) is 0.596. The van der Waals surface area contributed by atoms with Crippen LogP contribution in [0.5, 0.6) is 0 Å². The molecule has 6 heteroatoms. The SMILES string of the molecule is C=CCCc1nc(-c2nc(C(=O)OC)co2)co1. The van der Waals surface area contributed by atoms with Crippen LogP contribution in [0.25, 0.3) is 11.6 Å². The number of carbonyl (C=O) groups excluding carboxylic acids is 1. The van der Waals surface area contributed by atoms with E-state index in [2.05, 4.69) is 21.3 Å². The summed E-state index contributed by atoms with van der Waals surface area (Å²) in [4.78, 5) is 19.4. The zero-order valence-corrected chi connectivity index (χ0v) is 9.88. The van der Waals surface area contributed by atoms with Gasteiger partial charge in [-0.05, 0) is 6.42 Å². The second kappa shape index (κ2) is 5.31. The Hall–Kier alpha value is -2.37. The molecule has 2 heterocycles. The molecule has 2 aromatic rings. The number of hydrogen-bond acceptors (Lipinski definition) is 6. The van der Waals surface area contributed by atoms with Crippen LogP contribution in [-0.2, 0) is 11.2 Å². The van der Waals surface area contributed by atoms with Crippen molar-refractivity contribution in [2.75, 3.05) is 7.11 Å². The molecule has 0 fully saturated rings. The van der Waals surface area contributed by atoms with Gasteiger partial charge in [-0.2, -0.15) is 0 Å². The number of allylic oxidation sites excluding steroid dienone is 1. The Morgan fingerprint density at radius 3 is 3.00 bits per heavy atom. The molecular weight excluding hydrogens is 236 g/mol. The highest BCUT2D eigenvalue weighted by molar-refractivity contribution is 5.87.